The Balaban J connectivity index is 2.10. The lowest BCUT2D eigenvalue weighted by molar-refractivity contribution is 0.121. The summed E-state index contributed by atoms with van der Waals surface area (Å²) in [5.74, 6) is 1.94. The topological polar surface area (TPSA) is 79.1 Å². The van der Waals surface area contributed by atoms with Crippen LogP contribution in [-0.2, 0) is 4.57 Å². The molecule has 0 fully saturated rings. The lowest BCUT2D eigenvalue weighted by atomic mass is 10.5. The third-order valence-corrected chi connectivity index (χ3v) is 2.48. The fourth-order valence-corrected chi connectivity index (χ4v) is 1.61. The Morgan fingerprint density at radius 1 is 1.44 bits per heavy atom. The summed E-state index contributed by atoms with van der Waals surface area (Å²) in [4.78, 5) is 17.6. The number of fused-ring (bicyclic) bond motifs is 1. The Kier molecular flexibility index (Phi) is 4.20. The lowest BCUT2D eigenvalue weighted by Crippen LogP contribution is -2.11. The van der Waals surface area contributed by atoms with E-state index < -0.39 is 0 Å². The largest absolute Gasteiger partial charge is 0.479 e. The van der Waals surface area contributed by atoms with Crippen LogP contribution in [0.2, 0.25) is 0 Å². The molecule has 0 unspecified atom stereocenters. The second kappa shape index (κ2) is 6.07. The first-order valence-corrected chi connectivity index (χ1v) is 6.07. The van der Waals surface area contributed by atoms with Gasteiger partial charge in [-0.1, -0.05) is 6.08 Å². The molecule has 8 heteroatoms. The van der Waals surface area contributed by atoms with Gasteiger partial charge in [0, 0.05) is 12.2 Å². The highest BCUT2D eigenvalue weighted by Gasteiger charge is 2.10. The van der Waals surface area contributed by atoms with Gasteiger partial charge in [-0.3, -0.25) is 4.57 Å². The van der Waals surface area contributed by atoms with Crippen molar-refractivity contribution in [2.45, 2.75) is 6.42 Å². The number of nitrogens with zero attached hydrogens (tertiary/aromatic N) is 4. The van der Waals surface area contributed by atoms with Gasteiger partial charge in [0.15, 0.2) is 14.0 Å². The summed E-state index contributed by atoms with van der Waals surface area (Å²) in [6, 6.07) is 0. The fraction of sp³-hybridized carbons (Fsp3) is 0.300. The van der Waals surface area contributed by atoms with E-state index in [4.69, 9.17) is 9.57 Å². The Labute approximate surface area is 105 Å². The molecule has 0 aromatic carbocycles. The molecule has 0 aliphatic carbocycles. The van der Waals surface area contributed by atoms with E-state index in [-0.39, 0.29) is 8.46 Å². The van der Waals surface area contributed by atoms with Crippen LogP contribution in [-0.4, -0.2) is 33.4 Å². The Morgan fingerprint density at radius 2 is 2.33 bits per heavy atom. The molecule has 7 nitrogen and oxygen atoms in total. The van der Waals surface area contributed by atoms with Crippen molar-refractivity contribution in [3.05, 3.63) is 24.5 Å². The zero-order valence-corrected chi connectivity index (χ0v) is 10.6. The molecule has 0 N–H and O–H groups in total. The molecule has 2 aromatic heterocycles. The van der Waals surface area contributed by atoms with Crippen LogP contribution in [0.25, 0.3) is 11.2 Å². The molecule has 2 aromatic rings. The summed E-state index contributed by atoms with van der Waals surface area (Å²) in [7, 11) is 1.52. The minimum Gasteiger partial charge on any atom is -0.479 e. The molecule has 0 saturated heterocycles. The van der Waals surface area contributed by atoms with Crippen molar-refractivity contribution in [2.24, 2.45) is 0 Å². The maximum absolute atomic E-state index is 10.2. The third kappa shape index (κ3) is 2.62. The molecule has 94 valence electrons. The van der Waals surface area contributed by atoms with E-state index in [9.17, 15) is 4.57 Å². The summed E-state index contributed by atoms with van der Waals surface area (Å²) in [5, 5.41) is 0. The van der Waals surface area contributed by atoms with E-state index in [1.54, 1.807) is 6.08 Å². The molecule has 0 bridgehead atoms. The highest BCUT2D eigenvalue weighted by molar-refractivity contribution is 7.27. The van der Waals surface area contributed by atoms with Crippen LogP contribution >= 0.6 is 8.46 Å². The van der Waals surface area contributed by atoms with Crippen LogP contribution < -0.4 is 9.57 Å². The van der Waals surface area contributed by atoms with Crippen molar-refractivity contribution in [3.8, 4) is 5.88 Å². The Morgan fingerprint density at radius 3 is 3.11 bits per heavy atom. The predicted molar refractivity (Wildman–Crippen MR) is 64.7 cm³/mol. The van der Waals surface area contributed by atoms with Crippen molar-refractivity contribution in [1.82, 2.24) is 19.7 Å². The van der Waals surface area contributed by atoms with E-state index in [1.165, 1.54) is 30.3 Å². The SMILES string of the molecule is COc1ncnc2c1ncn2OCCC=CP=O. The van der Waals surface area contributed by atoms with E-state index in [0.717, 1.165) is 0 Å². The Hall–Kier alpha value is -2.01. The molecule has 0 radical (unpaired) electrons. The molecule has 0 spiro atoms. The zero-order chi connectivity index (χ0) is 12.8. The number of rotatable bonds is 6. The summed E-state index contributed by atoms with van der Waals surface area (Å²) in [6.07, 6.45) is 5.32. The first-order valence-electron chi connectivity index (χ1n) is 5.19. The third-order valence-electron chi connectivity index (χ3n) is 2.14. The van der Waals surface area contributed by atoms with Gasteiger partial charge in [0.1, 0.15) is 19.3 Å². The van der Waals surface area contributed by atoms with Gasteiger partial charge in [0.2, 0.25) is 11.5 Å². The van der Waals surface area contributed by atoms with Gasteiger partial charge in [-0.2, -0.15) is 9.71 Å². The number of hydrogen-bond donors (Lipinski definition) is 0. The molecule has 2 rings (SSSR count). The molecule has 0 amide bonds. The molecule has 0 aliphatic rings. The number of aromatic nitrogens is 4. The summed E-state index contributed by atoms with van der Waals surface area (Å²) in [5.41, 5.74) is 1.10. The van der Waals surface area contributed by atoms with Crippen molar-refractivity contribution >= 4 is 19.6 Å². The standard InChI is InChI=1S/C10H11N4O3P/c1-16-10-8-9(11-6-12-10)14(7-13-8)17-4-2-3-5-18-15/h3,5-7H,2,4H2,1H3. The van der Waals surface area contributed by atoms with Gasteiger partial charge in [0.05, 0.1) is 7.11 Å². The van der Waals surface area contributed by atoms with Crippen molar-refractivity contribution in [3.63, 3.8) is 0 Å². The minimum atomic E-state index is -0.00172. The minimum absolute atomic E-state index is 0.00172. The average Bonchev–Trinajstić information content (AvgIpc) is 2.82. The summed E-state index contributed by atoms with van der Waals surface area (Å²) >= 11 is 0. The van der Waals surface area contributed by atoms with Crippen LogP contribution in [0, 0.1) is 0 Å². The number of ether oxygens (including phenoxy) is 1. The number of hydrogen-bond acceptors (Lipinski definition) is 6. The first-order chi connectivity index (χ1) is 8.86. The highest BCUT2D eigenvalue weighted by atomic mass is 31.1. The van der Waals surface area contributed by atoms with Gasteiger partial charge in [-0.25, -0.2) is 9.97 Å². The van der Waals surface area contributed by atoms with Gasteiger partial charge in [0.25, 0.3) is 0 Å². The summed E-state index contributed by atoms with van der Waals surface area (Å²) in [6.45, 7) is 0.434. The normalized spacial score (nSPS) is 11.4. The first kappa shape index (κ1) is 12.4. The molecule has 18 heavy (non-hydrogen) atoms. The van der Waals surface area contributed by atoms with Gasteiger partial charge < -0.3 is 9.57 Å². The monoisotopic (exact) mass is 266 g/mol. The van der Waals surface area contributed by atoms with E-state index in [0.29, 0.717) is 30.1 Å². The fourth-order valence-electron chi connectivity index (χ4n) is 1.37. The molecular formula is C10H11N4O3P. The van der Waals surface area contributed by atoms with Gasteiger partial charge in [-0.05, 0) is 0 Å². The van der Waals surface area contributed by atoms with Crippen LogP contribution in [0.15, 0.2) is 24.5 Å². The predicted octanol–water partition coefficient (Wildman–Crippen LogP) is 1.46. The quantitative estimate of drug-likeness (QED) is 0.581. The van der Waals surface area contributed by atoms with Crippen LogP contribution in [0.1, 0.15) is 6.42 Å². The van der Waals surface area contributed by atoms with Crippen LogP contribution in [0.3, 0.4) is 0 Å². The van der Waals surface area contributed by atoms with Crippen LogP contribution in [0.4, 0.5) is 0 Å². The van der Waals surface area contributed by atoms with Crippen molar-refractivity contribution < 1.29 is 14.1 Å². The Bertz CT molecular complexity index is 569. The van der Waals surface area contributed by atoms with Crippen molar-refractivity contribution in [2.75, 3.05) is 13.7 Å². The number of imidazole rings is 1. The van der Waals surface area contributed by atoms with E-state index >= 15 is 0 Å². The maximum atomic E-state index is 10.2. The van der Waals surface area contributed by atoms with Crippen molar-refractivity contribution in [1.29, 1.82) is 0 Å². The van der Waals surface area contributed by atoms with E-state index in [1.807, 2.05) is 0 Å². The molecule has 0 atom stereocenters. The van der Waals surface area contributed by atoms with E-state index in [2.05, 4.69) is 15.0 Å². The summed E-state index contributed by atoms with van der Waals surface area (Å²) < 4.78 is 16.7. The van der Waals surface area contributed by atoms with Gasteiger partial charge >= 0.3 is 0 Å². The molecule has 0 saturated carbocycles. The number of methoxy groups -OCH3 is 1. The zero-order valence-electron chi connectivity index (χ0n) is 9.68. The molecule has 0 aliphatic heterocycles. The second-order valence-corrected chi connectivity index (χ2v) is 3.75. The molecule has 2 heterocycles. The lowest BCUT2D eigenvalue weighted by Gasteiger charge is -2.04. The van der Waals surface area contributed by atoms with Gasteiger partial charge in [-0.15, -0.1) is 0 Å². The molecular weight excluding hydrogens is 255 g/mol. The average molecular weight is 266 g/mol. The second-order valence-electron chi connectivity index (χ2n) is 3.24. The van der Waals surface area contributed by atoms with Crippen LogP contribution in [0.5, 0.6) is 5.88 Å². The smallest absolute Gasteiger partial charge is 0.245 e. The maximum Gasteiger partial charge on any atom is 0.245 e. The highest BCUT2D eigenvalue weighted by Crippen LogP contribution is 2.17.